The number of halogens is 1. The number of ether oxygens (including phenoxy) is 1. The van der Waals surface area contributed by atoms with Crippen molar-refractivity contribution in [2.75, 3.05) is 18.5 Å². The van der Waals surface area contributed by atoms with Gasteiger partial charge in [0.1, 0.15) is 0 Å². The predicted octanol–water partition coefficient (Wildman–Crippen LogP) is 3.26. The van der Waals surface area contributed by atoms with Gasteiger partial charge in [0.05, 0.1) is 22.6 Å². The third kappa shape index (κ3) is 3.34. The molecule has 6 nitrogen and oxygen atoms in total. The molecule has 138 valence electrons. The number of amides is 1. The van der Waals surface area contributed by atoms with Crippen LogP contribution in [0.3, 0.4) is 0 Å². The van der Waals surface area contributed by atoms with E-state index in [-0.39, 0.29) is 11.5 Å². The molecule has 4 rings (SSSR count). The minimum Gasteiger partial charge on any atom is -0.381 e. The molecule has 1 aromatic heterocycles. The summed E-state index contributed by atoms with van der Waals surface area (Å²) in [5.41, 5.74) is 1.11. The first-order chi connectivity index (χ1) is 13.1. The molecule has 0 saturated carbocycles. The summed E-state index contributed by atoms with van der Waals surface area (Å²) in [6.45, 7) is 1.02. The van der Waals surface area contributed by atoms with Crippen molar-refractivity contribution < 1.29 is 9.53 Å². The van der Waals surface area contributed by atoms with Crippen LogP contribution in [0.15, 0.2) is 53.6 Å². The monoisotopic (exact) mass is 383 g/mol. The van der Waals surface area contributed by atoms with Crippen LogP contribution >= 0.6 is 11.6 Å². The Balaban J connectivity index is 1.69. The second-order valence-electron chi connectivity index (χ2n) is 6.62. The maximum atomic E-state index is 13.3. The average Bonchev–Trinajstić information content (AvgIpc) is 2.69. The lowest BCUT2D eigenvalue weighted by Gasteiger charge is -2.36. The number of hydrogen-bond donors (Lipinski definition) is 2. The molecular formula is C20H18ClN3O3. The highest BCUT2D eigenvalue weighted by Crippen LogP contribution is 2.36. The predicted molar refractivity (Wildman–Crippen MR) is 104 cm³/mol. The fourth-order valence-corrected chi connectivity index (χ4v) is 3.66. The molecule has 2 N–H and O–H groups in total. The molecule has 2 aromatic carbocycles. The van der Waals surface area contributed by atoms with Gasteiger partial charge in [0.15, 0.2) is 0 Å². The van der Waals surface area contributed by atoms with E-state index in [0.29, 0.717) is 47.7 Å². The Morgan fingerprint density at radius 3 is 2.63 bits per heavy atom. The molecule has 3 aromatic rings. The Hall–Kier alpha value is -2.70. The molecular weight excluding hydrogens is 366 g/mol. The highest BCUT2D eigenvalue weighted by atomic mass is 35.5. The van der Waals surface area contributed by atoms with Crippen molar-refractivity contribution in [1.29, 1.82) is 0 Å². The lowest BCUT2D eigenvalue weighted by Crippen LogP contribution is -2.44. The van der Waals surface area contributed by atoms with E-state index in [2.05, 4.69) is 15.3 Å². The number of benzene rings is 2. The molecule has 0 atom stereocenters. The zero-order chi connectivity index (χ0) is 18.9. The van der Waals surface area contributed by atoms with Gasteiger partial charge < -0.3 is 15.0 Å². The van der Waals surface area contributed by atoms with E-state index in [4.69, 9.17) is 16.3 Å². The fraction of sp³-hybridized carbons (Fsp3) is 0.250. The quantitative estimate of drug-likeness (QED) is 0.727. The van der Waals surface area contributed by atoms with Gasteiger partial charge in [-0.15, -0.1) is 0 Å². The highest BCUT2D eigenvalue weighted by molar-refractivity contribution is 6.30. The van der Waals surface area contributed by atoms with E-state index in [0.717, 1.165) is 5.56 Å². The van der Waals surface area contributed by atoms with Crippen LogP contribution in [0.1, 0.15) is 18.4 Å². The molecule has 0 unspecified atom stereocenters. The fourth-order valence-electron chi connectivity index (χ4n) is 3.53. The lowest BCUT2D eigenvalue weighted by molar-refractivity contribution is -0.125. The zero-order valence-corrected chi connectivity index (χ0v) is 15.3. The van der Waals surface area contributed by atoms with Gasteiger partial charge in [-0.3, -0.25) is 9.59 Å². The van der Waals surface area contributed by atoms with Gasteiger partial charge in [0.2, 0.25) is 5.91 Å². The molecule has 0 aliphatic carbocycles. The number of aromatic nitrogens is 2. The minimum atomic E-state index is -0.695. The standard InChI is InChI=1S/C20H18ClN3O3/c21-14-3-1-13(2-4-14)20(7-9-27-10-8-20)19(26)24-15-5-6-17-16(11-15)18(25)23-12-22-17/h1-6,11-12H,7-10H2,(H,24,26)(H,22,23,25). The summed E-state index contributed by atoms with van der Waals surface area (Å²) in [6.07, 6.45) is 2.52. The SMILES string of the molecule is O=C(Nc1ccc2nc[nH]c(=O)c2c1)C1(c2ccc(Cl)cc2)CCOCC1. The number of nitrogens with one attached hydrogen (secondary N) is 2. The summed E-state index contributed by atoms with van der Waals surface area (Å²) in [6, 6.07) is 12.5. The lowest BCUT2D eigenvalue weighted by atomic mass is 9.73. The van der Waals surface area contributed by atoms with E-state index in [1.54, 1.807) is 30.3 Å². The van der Waals surface area contributed by atoms with Crippen molar-refractivity contribution in [3.05, 3.63) is 69.7 Å². The largest absolute Gasteiger partial charge is 0.381 e. The Labute approximate surface area is 160 Å². The summed E-state index contributed by atoms with van der Waals surface area (Å²) in [5.74, 6) is -0.118. The Kier molecular flexibility index (Phi) is 4.68. The van der Waals surface area contributed by atoms with Gasteiger partial charge in [-0.25, -0.2) is 4.98 Å². The number of carbonyl (C=O) groups excluding carboxylic acids is 1. The van der Waals surface area contributed by atoms with Gasteiger partial charge in [0, 0.05) is 23.9 Å². The highest BCUT2D eigenvalue weighted by Gasteiger charge is 2.41. The minimum absolute atomic E-state index is 0.118. The number of hydrogen-bond acceptors (Lipinski definition) is 4. The van der Waals surface area contributed by atoms with Crippen molar-refractivity contribution in [2.24, 2.45) is 0 Å². The van der Waals surface area contributed by atoms with E-state index < -0.39 is 5.41 Å². The maximum absolute atomic E-state index is 13.3. The number of carbonyl (C=O) groups is 1. The van der Waals surface area contributed by atoms with Gasteiger partial charge in [0.25, 0.3) is 5.56 Å². The normalized spacial score (nSPS) is 16.2. The summed E-state index contributed by atoms with van der Waals surface area (Å²) >= 11 is 6.01. The third-order valence-electron chi connectivity index (χ3n) is 5.08. The Bertz CT molecular complexity index is 1040. The molecule has 7 heteroatoms. The average molecular weight is 384 g/mol. The summed E-state index contributed by atoms with van der Waals surface area (Å²) < 4.78 is 5.48. The molecule has 0 bridgehead atoms. The van der Waals surface area contributed by atoms with E-state index >= 15 is 0 Å². The van der Waals surface area contributed by atoms with Crippen LogP contribution in [0.2, 0.25) is 5.02 Å². The molecule has 1 amide bonds. The number of nitrogens with zero attached hydrogens (tertiary/aromatic N) is 1. The third-order valence-corrected chi connectivity index (χ3v) is 5.33. The first-order valence-electron chi connectivity index (χ1n) is 8.71. The Morgan fingerprint density at radius 1 is 1.15 bits per heavy atom. The van der Waals surface area contributed by atoms with Crippen LogP contribution in [0.25, 0.3) is 10.9 Å². The molecule has 1 aliphatic heterocycles. The summed E-state index contributed by atoms with van der Waals surface area (Å²) in [7, 11) is 0. The van der Waals surface area contributed by atoms with Crippen molar-refractivity contribution in [2.45, 2.75) is 18.3 Å². The number of anilines is 1. The number of aromatic amines is 1. The van der Waals surface area contributed by atoms with E-state index in [1.165, 1.54) is 6.33 Å². The molecule has 1 aliphatic rings. The van der Waals surface area contributed by atoms with Gasteiger partial charge >= 0.3 is 0 Å². The van der Waals surface area contributed by atoms with Crippen molar-refractivity contribution >= 4 is 34.1 Å². The summed E-state index contributed by atoms with van der Waals surface area (Å²) in [4.78, 5) is 32.0. The van der Waals surface area contributed by atoms with Gasteiger partial charge in [-0.1, -0.05) is 23.7 Å². The van der Waals surface area contributed by atoms with Crippen LogP contribution < -0.4 is 10.9 Å². The van der Waals surface area contributed by atoms with Crippen LogP contribution in [0, 0.1) is 0 Å². The second-order valence-corrected chi connectivity index (χ2v) is 7.06. The van der Waals surface area contributed by atoms with Crippen molar-refractivity contribution in [1.82, 2.24) is 9.97 Å². The van der Waals surface area contributed by atoms with Crippen LogP contribution in [0.5, 0.6) is 0 Å². The molecule has 27 heavy (non-hydrogen) atoms. The number of fused-ring (bicyclic) bond motifs is 1. The summed E-state index contributed by atoms with van der Waals surface area (Å²) in [5, 5.41) is 4.04. The van der Waals surface area contributed by atoms with Gasteiger partial charge in [-0.2, -0.15) is 0 Å². The van der Waals surface area contributed by atoms with Crippen LogP contribution in [-0.2, 0) is 14.9 Å². The topological polar surface area (TPSA) is 84.1 Å². The molecule has 0 spiro atoms. The zero-order valence-electron chi connectivity index (χ0n) is 14.5. The smallest absolute Gasteiger partial charge is 0.258 e. The van der Waals surface area contributed by atoms with Gasteiger partial charge in [-0.05, 0) is 48.7 Å². The molecule has 1 saturated heterocycles. The second kappa shape index (κ2) is 7.13. The van der Waals surface area contributed by atoms with E-state index in [9.17, 15) is 9.59 Å². The molecule has 2 heterocycles. The van der Waals surface area contributed by atoms with Crippen LogP contribution in [-0.4, -0.2) is 29.1 Å². The Morgan fingerprint density at radius 2 is 1.89 bits per heavy atom. The van der Waals surface area contributed by atoms with Crippen molar-refractivity contribution in [3.63, 3.8) is 0 Å². The van der Waals surface area contributed by atoms with Crippen LogP contribution in [0.4, 0.5) is 5.69 Å². The first kappa shape index (κ1) is 17.7. The number of rotatable bonds is 3. The van der Waals surface area contributed by atoms with E-state index in [1.807, 2.05) is 12.1 Å². The molecule has 0 radical (unpaired) electrons. The maximum Gasteiger partial charge on any atom is 0.258 e. The molecule has 1 fully saturated rings. The van der Waals surface area contributed by atoms with Crippen molar-refractivity contribution in [3.8, 4) is 0 Å². The number of H-pyrrole nitrogens is 1. The first-order valence-corrected chi connectivity index (χ1v) is 9.09.